The van der Waals surface area contributed by atoms with Crippen LogP contribution in [0.25, 0.3) is 0 Å². The molecule has 134 valence electrons. The molecule has 1 amide bonds. The molecule has 0 fully saturated rings. The van der Waals surface area contributed by atoms with E-state index in [2.05, 4.69) is 10.5 Å². The van der Waals surface area contributed by atoms with Crippen molar-refractivity contribution in [2.24, 2.45) is 0 Å². The van der Waals surface area contributed by atoms with Gasteiger partial charge in [0.1, 0.15) is 18.1 Å². The molecule has 1 aromatic heterocycles. The van der Waals surface area contributed by atoms with Crippen LogP contribution in [0.4, 0.5) is 5.69 Å². The van der Waals surface area contributed by atoms with Crippen LogP contribution in [-0.2, 0) is 6.61 Å². The molecule has 0 unspecified atom stereocenters. The lowest BCUT2D eigenvalue weighted by Gasteiger charge is -2.09. The van der Waals surface area contributed by atoms with E-state index in [4.69, 9.17) is 44.1 Å². The number of nitrogens with zero attached hydrogens (tertiary/aromatic N) is 1. The van der Waals surface area contributed by atoms with Gasteiger partial charge in [-0.05, 0) is 43.3 Å². The summed E-state index contributed by atoms with van der Waals surface area (Å²) in [5.74, 6) is 0.626. The summed E-state index contributed by atoms with van der Waals surface area (Å²) in [5, 5.41) is 7.70. The maximum atomic E-state index is 12.6. The summed E-state index contributed by atoms with van der Waals surface area (Å²) in [5.41, 5.74) is 1.04. The molecular weight excluding hydrogens is 399 g/mol. The van der Waals surface area contributed by atoms with Gasteiger partial charge >= 0.3 is 0 Å². The molecule has 0 aliphatic heterocycles. The number of aryl methyl sites for hydroxylation is 1. The first kappa shape index (κ1) is 18.6. The molecule has 1 N–H and O–H groups in total. The fourth-order valence-corrected chi connectivity index (χ4v) is 2.68. The monoisotopic (exact) mass is 410 g/mol. The zero-order chi connectivity index (χ0) is 18.7. The second-order valence-corrected chi connectivity index (χ2v) is 6.59. The highest BCUT2D eigenvalue weighted by Gasteiger charge is 2.21. The minimum absolute atomic E-state index is 0.114. The number of halogens is 3. The number of nitrogens with one attached hydrogen (secondary N) is 1. The molecule has 26 heavy (non-hydrogen) atoms. The molecule has 0 aliphatic carbocycles. The highest BCUT2D eigenvalue weighted by Crippen LogP contribution is 2.30. The van der Waals surface area contributed by atoms with E-state index in [1.807, 2.05) is 0 Å². The minimum Gasteiger partial charge on any atom is -0.489 e. The number of hydrogen-bond donors (Lipinski definition) is 1. The quantitative estimate of drug-likeness (QED) is 0.578. The molecule has 3 rings (SSSR count). The number of benzene rings is 2. The van der Waals surface area contributed by atoms with Crippen molar-refractivity contribution in [2.75, 3.05) is 5.32 Å². The van der Waals surface area contributed by atoms with Gasteiger partial charge in [0.05, 0.1) is 21.3 Å². The van der Waals surface area contributed by atoms with Crippen LogP contribution in [-0.4, -0.2) is 11.1 Å². The van der Waals surface area contributed by atoms with Crippen LogP contribution in [0.3, 0.4) is 0 Å². The molecule has 5 nitrogen and oxygen atoms in total. The third kappa shape index (κ3) is 4.12. The smallest absolute Gasteiger partial charge is 0.278 e. The molecular formula is C18H13Cl3N2O3. The van der Waals surface area contributed by atoms with E-state index in [1.54, 1.807) is 49.4 Å². The van der Waals surface area contributed by atoms with E-state index >= 15 is 0 Å². The summed E-state index contributed by atoms with van der Waals surface area (Å²) in [6.07, 6.45) is 0. The molecule has 0 spiro atoms. The summed E-state index contributed by atoms with van der Waals surface area (Å²) in [7, 11) is 0. The number of aromatic nitrogens is 1. The maximum absolute atomic E-state index is 12.6. The Kier molecular flexibility index (Phi) is 5.71. The Bertz CT molecular complexity index is 939. The molecule has 0 saturated heterocycles. The van der Waals surface area contributed by atoms with Crippen molar-refractivity contribution in [1.82, 2.24) is 5.16 Å². The van der Waals surface area contributed by atoms with Crippen molar-refractivity contribution in [3.63, 3.8) is 0 Å². The molecule has 0 atom stereocenters. The number of hydrogen-bond acceptors (Lipinski definition) is 4. The summed E-state index contributed by atoms with van der Waals surface area (Å²) >= 11 is 17.9. The van der Waals surface area contributed by atoms with Gasteiger partial charge in [-0.25, -0.2) is 0 Å². The average Bonchev–Trinajstić information content (AvgIpc) is 2.99. The fourth-order valence-electron chi connectivity index (χ4n) is 2.21. The van der Waals surface area contributed by atoms with Crippen molar-refractivity contribution in [3.8, 4) is 5.75 Å². The molecule has 0 aliphatic rings. The molecule has 2 aromatic carbocycles. The Labute approximate surface area is 164 Å². The van der Waals surface area contributed by atoms with Crippen LogP contribution < -0.4 is 10.1 Å². The van der Waals surface area contributed by atoms with Crippen molar-refractivity contribution in [3.05, 3.63) is 74.6 Å². The van der Waals surface area contributed by atoms with Gasteiger partial charge in [0, 0.05) is 5.02 Å². The lowest BCUT2D eigenvalue weighted by Crippen LogP contribution is -2.15. The van der Waals surface area contributed by atoms with E-state index in [-0.39, 0.29) is 17.3 Å². The van der Waals surface area contributed by atoms with Gasteiger partial charge in [-0.1, -0.05) is 46.0 Å². The summed E-state index contributed by atoms with van der Waals surface area (Å²) in [6.45, 7) is 1.82. The first-order valence-electron chi connectivity index (χ1n) is 7.54. The topological polar surface area (TPSA) is 64.4 Å². The number of carbonyl (C=O) groups excluding carboxylic acids is 1. The largest absolute Gasteiger partial charge is 0.489 e. The molecule has 1 heterocycles. The van der Waals surface area contributed by atoms with Crippen LogP contribution in [0.1, 0.15) is 21.8 Å². The fraction of sp³-hybridized carbons (Fsp3) is 0.111. The van der Waals surface area contributed by atoms with Crippen LogP contribution in [0.15, 0.2) is 47.0 Å². The van der Waals surface area contributed by atoms with Gasteiger partial charge in [-0.3, -0.25) is 4.79 Å². The Morgan fingerprint density at radius 1 is 1.15 bits per heavy atom. The first-order chi connectivity index (χ1) is 12.5. The van der Waals surface area contributed by atoms with Crippen molar-refractivity contribution >= 4 is 46.4 Å². The number of ether oxygens (including phenoxy) is 1. The van der Waals surface area contributed by atoms with E-state index in [0.29, 0.717) is 32.8 Å². The summed E-state index contributed by atoms with van der Waals surface area (Å²) < 4.78 is 10.8. The van der Waals surface area contributed by atoms with Crippen LogP contribution in [0, 0.1) is 6.92 Å². The standard InChI is InChI=1S/C18H13Cl3N2O3/c1-10-13(9-25-12-7-5-11(19)6-8-12)17(23-26-10)18(24)22-15-4-2-3-14(20)16(15)21/h2-8H,9H2,1H3,(H,22,24). The van der Waals surface area contributed by atoms with Crippen LogP contribution >= 0.6 is 34.8 Å². The first-order valence-corrected chi connectivity index (χ1v) is 8.68. The maximum Gasteiger partial charge on any atom is 0.278 e. The highest BCUT2D eigenvalue weighted by molar-refractivity contribution is 6.44. The SMILES string of the molecule is Cc1onc(C(=O)Nc2cccc(Cl)c2Cl)c1COc1ccc(Cl)cc1. The highest BCUT2D eigenvalue weighted by atomic mass is 35.5. The van der Waals surface area contributed by atoms with E-state index < -0.39 is 5.91 Å². The summed E-state index contributed by atoms with van der Waals surface area (Å²) in [4.78, 5) is 12.6. The van der Waals surface area contributed by atoms with Crippen molar-refractivity contribution in [2.45, 2.75) is 13.5 Å². The third-order valence-electron chi connectivity index (χ3n) is 3.60. The van der Waals surface area contributed by atoms with Gasteiger partial charge in [0.2, 0.25) is 0 Å². The lowest BCUT2D eigenvalue weighted by atomic mass is 10.2. The van der Waals surface area contributed by atoms with Crippen molar-refractivity contribution in [1.29, 1.82) is 0 Å². The normalized spacial score (nSPS) is 10.6. The molecule has 0 saturated carbocycles. The molecule has 0 radical (unpaired) electrons. The Morgan fingerprint density at radius 2 is 1.88 bits per heavy atom. The Balaban J connectivity index is 1.77. The predicted molar refractivity (Wildman–Crippen MR) is 101 cm³/mol. The molecule has 3 aromatic rings. The lowest BCUT2D eigenvalue weighted by molar-refractivity contribution is 0.101. The third-order valence-corrected chi connectivity index (χ3v) is 4.67. The van der Waals surface area contributed by atoms with Gasteiger partial charge in [0.25, 0.3) is 5.91 Å². The van der Waals surface area contributed by atoms with Gasteiger partial charge in [-0.2, -0.15) is 0 Å². The van der Waals surface area contributed by atoms with Crippen LogP contribution in [0.2, 0.25) is 15.1 Å². The second-order valence-electron chi connectivity index (χ2n) is 5.36. The number of amides is 1. The van der Waals surface area contributed by atoms with Crippen molar-refractivity contribution < 1.29 is 14.1 Å². The molecule has 8 heteroatoms. The van der Waals surface area contributed by atoms with E-state index in [1.165, 1.54) is 0 Å². The zero-order valence-corrected chi connectivity index (χ0v) is 15.8. The number of anilines is 1. The average molecular weight is 412 g/mol. The Morgan fingerprint density at radius 3 is 2.62 bits per heavy atom. The second kappa shape index (κ2) is 7.99. The predicted octanol–water partition coefficient (Wildman–Crippen LogP) is 5.77. The Hall–Kier alpha value is -2.21. The van der Waals surface area contributed by atoms with E-state index in [0.717, 1.165) is 0 Å². The van der Waals surface area contributed by atoms with Gasteiger partial charge in [0.15, 0.2) is 5.69 Å². The number of carbonyl (C=O) groups is 1. The van der Waals surface area contributed by atoms with Gasteiger partial charge < -0.3 is 14.6 Å². The number of rotatable bonds is 5. The zero-order valence-electron chi connectivity index (χ0n) is 13.6. The minimum atomic E-state index is -0.472. The van der Waals surface area contributed by atoms with E-state index in [9.17, 15) is 4.79 Å². The summed E-state index contributed by atoms with van der Waals surface area (Å²) in [6, 6.07) is 11.8. The van der Waals surface area contributed by atoms with Crippen LogP contribution in [0.5, 0.6) is 5.75 Å². The van der Waals surface area contributed by atoms with Gasteiger partial charge in [-0.15, -0.1) is 0 Å². The molecule has 0 bridgehead atoms.